The molecule has 0 atom stereocenters. The first-order valence-electron chi connectivity index (χ1n) is 4.40. The van der Waals surface area contributed by atoms with Gasteiger partial charge in [0.15, 0.2) is 0 Å². The SMILES string of the molecule is CCCOCCCC(=O)CC. The molecule has 0 rings (SSSR count). The summed E-state index contributed by atoms with van der Waals surface area (Å²) in [6.07, 6.45) is 3.28. The number of hydrogen-bond donors (Lipinski definition) is 0. The van der Waals surface area contributed by atoms with Gasteiger partial charge in [0.2, 0.25) is 0 Å². The molecule has 11 heavy (non-hydrogen) atoms. The van der Waals surface area contributed by atoms with Gasteiger partial charge in [-0.1, -0.05) is 13.8 Å². The van der Waals surface area contributed by atoms with Crippen molar-refractivity contribution in [3.8, 4) is 0 Å². The number of ketones is 1. The lowest BCUT2D eigenvalue weighted by atomic mass is 10.2. The summed E-state index contributed by atoms with van der Waals surface area (Å²) in [6, 6.07) is 0. The Labute approximate surface area is 68.9 Å². The minimum atomic E-state index is 0.338. The molecule has 0 heterocycles. The molecular weight excluding hydrogens is 140 g/mol. The van der Waals surface area contributed by atoms with E-state index in [4.69, 9.17) is 4.74 Å². The highest BCUT2D eigenvalue weighted by Crippen LogP contribution is 1.95. The van der Waals surface area contributed by atoms with E-state index in [1.54, 1.807) is 0 Å². The van der Waals surface area contributed by atoms with Gasteiger partial charge in [-0.2, -0.15) is 0 Å². The summed E-state index contributed by atoms with van der Waals surface area (Å²) in [5.41, 5.74) is 0. The van der Waals surface area contributed by atoms with E-state index in [0.29, 0.717) is 18.6 Å². The third-order valence-electron chi connectivity index (χ3n) is 1.49. The molecule has 0 aromatic heterocycles. The van der Waals surface area contributed by atoms with E-state index in [1.165, 1.54) is 0 Å². The molecule has 0 bridgehead atoms. The van der Waals surface area contributed by atoms with Gasteiger partial charge in [-0.3, -0.25) is 4.79 Å². The lowest BCUT2D eigenvalue weighted by molar-refractivity contribution is -0.119. The molecule has 2 heteroatoms. The maximum absolute atomic E-state index is 10.8. The fourth-order valence-corrected chi connectivity index (χ4v) is 0.795. The first kappa shape index (κ1) is 10.6. The van der Waals surface area contributed by atoms with Crippen molar-refractivity contribution in [1.82, 2.24) is 0 Å². The van der Waals surface area contributed by atoms with Crippen molar-refractivity contribution < 1.29 is 9.53 Å². The normalized spacial score (nSPS) is 10.0. The highest BCUT2D eigenvalue weighted by atomic mass is 16.5. The summed E-state index contributed by atoms with van der Waals surface area (Å²) in [5.74, 6) is 0.338. The van der Waals surface area contributed by atoms with Crippen LogP contribution in [0.2, 0.25) is 0 Å². The molecule has 0 radical (unpaired) electrons. The van der Waals surface area contributed by atoms with Gasteiger partial charge in [0.25, 0.3) is 0 Å². The van der Waals surface area contributed by atoms with Gasteiger partial charge in [0.1, 0.15) is 5.78 Å². The molecule has 0 aromatic rings. The van der Waals surface area contributed by atoms with Gasteiger partial charge in [-0.25, -0.2) is 0 Å². The lowest BCUT2D eigenvalue weighted by Gasteiger charge is -2.00. The number of hydrogen-bond acceptors (Lipinski definition) is 2. The van der Waals surface area contributed by atoms with Crippen LogP contribution < -0.4 is 0 Å². The number of ether oxygens (including phenoxy) is 1. The highest BCUT2D eigenvalue weighted by molar-refractivity contribution is 5.77. The predicted octanol–water partition coefficient (Wildman–Crippen LogP) is 2.17. The molecule has 0 fully saturated rings. The van der Waals surface area contributed by atoms with Crippen LogP contribution in [0.3, 0.4) is 0 Å². The van der Waals surface area contributed by atoms with Gasteiger partial charge >= 0.3 is 0 Å². The highest BCUT2D eigenvalue weighted by Gasteiger charge is 1.96. The van der Waals surface area contributed by atoms with Crippen LogP contribution in [0.15, 0.2) is 0 Å². The van der Waals surface area contributed by atoms with E-state index < -0.39 is 0 Å². The molecule has 0 aromatic carbocycles. The van der Waals surface area contributed by atoms with Crippen molar-refractivity contribution in [2.24, 2.45) is 0 Å². The van der Waals surface area contributed by atoms with Crippen molar-refractivity contribution in [3.05, 3.63) is 0 Å². The monoisotopic (exact) mass is 158 g/mol. The molecule has 0 aliphatic rings. The number of Topliss-reactive ketones (excluding diaryl/α,β-unsaturated/α-hetero) is 1. The van der Waals surface area contributed by atoms with Crippen LogP contribution in [0.4, 0.5) is 0 Å². The fraction of sp³-hybridized carbons (Fsp3) is 0.889. The topological polar surface area (TPSA) is 26.3 Å². The largest absolute Gasteiger partial charge is 0.381 e. The summed E-state index contributed by atoms with van der Waals surface area (Å²) in [5, 5.41) is 0. The Morgan fingerprint density at radius 2 is 2.00 bits per heavy atom. The van der Waals surface area contributed by atoms with Crippen LogP contribution in [0, 0.1) is 0 Å². The molecule has 0 N–H and O–H groups in total. The summed E-state index contributed by atoms with van der Waals surface area (Å²) in [4.78, 5) is 10.8. The van der Waals surface area contributed by atoms with E-state index in [-0.39, 0.29) is 0 Å². The van der Waals surface area contributed by atoms with Crippen LogP contribution >= 0.6 is 0 Å². The van der Waals surface area contributed by atoms with Crippen molar-refractivity contribution in [3.63, 3.8) is 0 Å². The van der Waals surface area contributed by atoms with Crippen molar-refractivity contribution in [2.75, 3.05) is 13.2 Å². The van der Waals surface area contributed by atoms with E-state index in [1.807, 2.05) is 6.92 Å². The Balaban J connectivity index is 2.95. The minimum absolute atomic E-state index is 0.338. The Kier molecular flexibility index (Phi) is 7.47. The van der Waals surface area contributed by atoms with Crippen molar-refractivity contribution in [2.45, 2.75) is 39.5 Å². The molecule has 0 spiro atoms. The molecule has 0 aliphatic carbocycles. The number of carbonyl (C=O) groups excluding carboxylic acids is 1. The quantitative estimate of drug-likeness (QED) is 0.531. The van der Waals surface area contributed by atoms with Crippen LogP contribution in [0.1, 0.15) is 39.5 Å². The Hall–Kier alpha value is -0.370. The zero-order valence-corrected chi connectivity index (χ0v) is 7.56. The van der Waals surface area contributed by atoms with Gasteiger partial charge < -0.3 is 4.74 Å². The fourth-order valence-electron chi connectivity index (χ4n) is 0.795. The molecule has 66 valence electrons. The van der Waals surface area contributed by atoms with E-state index in [9.17, 15) is 4.79 Å². The standard InChI is InChI=1S/C9H18O2/c1-3-7-11-8-5-6-9(10)4-2/h3-8H2,1-2H3. The average Bonchev–Trinajstić information content (AvgIpc) is 2.04. The summed E-state index contributed by atoms with van der Waals surface area (Å²) in [6.45, 7) is 5.53. The predicted molar refractivity (Wildman–Crippen MR) is 45.6 cm³/mol. The smallest absolute Gasteiger partial charge is 0.132 e. The summed E-state index contributed by atoms with van der Waals surface area (Å²) >= 11 is 0. The van der Waals surface area contributed by atoms with E-state index >= 15 is 0 Å². The summed E-state index contributed by atoms with van der Waals surface area (Å²) in [7, 11) is 0. The van der Waals surface area contributed by atoms with E-state index in [2.05, 4.69) is 6.92 Å². The van der Waals surface area contributed by atoms with E-state index in [0.717, 1.165) is 26.1 Å². The zero-order valence-electron chi connectivity index (χ0n) is 7.56. The van der Waals surface area contributed by atoms with Crippen molar-refractivity contribution >= 4 is 5.78 Å². The first-order chi connectivity index (χ1) is 5.31. The third kappa shape index (κ3) is 7.53. The van der Waals surface area contributed by atoms with Crippen molar-refractivity contribution in [1.29, 1.82) is 0 Å². The molecule has 0 unspecified atom stereocenters. The number of rotatable bonds is 7. The Bertz CT molecular complexity index is 99.7. The minimum Gasteiger partial charge on any atom is -0.381 e. The van der Waals surface area contributed by atoms with Gasteiger partial charge in [-0.05, 0) is 12.8 Å². The van der Waals surface area contributed by atoms with Crippen LogP contribution in [-0.2, 0) is 9.53 Å². The van der Waals surface area contributed by atoms with Gasteiger partial charge in [-0.15, -0.1) is 0 Å². The molecular formula is C9H18O2. The second kappa shape index (κ2) is 7.73. The second-order valence-electron chi connectivity index (χ2n) is 2.61. The van der Waals surface area contributed by atoms with Crippen LogP contribution in [0.25, 0.3) is 0 Å². The third-order valence-corrected chi connectivity index (χ3v) is 1.49. The summed E-state index contributed by atoms with van der Waals surface area (Å²) < 4.78 is 5.23. The van der Waals surface area contributed by atoms with Crippen LogP contribution in [0.5, 0.6) is 0 Å². The second-order valence-corrected chi connectivity index (χ2v) is 2.61. The zero-order chi connectivity index (χ0) is 8.53. The average molecular weight is 158 g/mol. The van der Waals surface area contributed by atoms with Gasteiger partial charge in [0.05, 0.1) is 0 Å². The van der Waals surface area contributed by atoms with Crippen LogP contribution in [-0.4, -0.2) is 19.0 Å². The lowest BCUT2D eigenvalue weighted by Crippen LogP contribution is -2.00. The Morgan fingerprint density at radius 3 is 2.55 bits per heavy atom. The molecule has 0 amide bonds. The first-order valence-corrected chi connectivity index (χ1v) is 4.40. The molecule has 0 aliphatic heterocycles. The maximum Gasteiger partial charge on any atom is 0.132 e. The molecule has 0 saturated carbocycles. The number of carbonyl (C=O) groups is 1. The van der Waals surface area contributed by atoms with Gasteiger partial charge in [0, 0.05) is 26.1 Å². The molecule has 0 saturated heterocycles. The molecule has 2 nitrogen and oxygen atoms in total. The maximum atomic E-state index is 10.8. The Morgan fingerprint density at radius 1 is 1.27 bits per heavy atom.